The minimum absolute atomic E-state index is 0.283. The molecule has 1 saturated heterocycles. The van der Waals surface area contributed by atoms with Gasteiger partial charge >= 0.3 is 0 Å². The summed E-state index contributed by atoms with van der Waals surface area (Å²) in [7, 11) is 0. The predicted molar refractivity (Wildman–Crippen MR) is 74.2 cm³/mol. The first-order valence-corrected chi connectivity index (χ1v) is 7.27. The molecule has 1 saturated carbocycles. The van der Waals surface area contributed by atoms with Crippen LogP contribution in [0.1, 0.15) is 53.9 Å². The quantitative estimate of drug-likeness (QED) is 0.813. The van der Waals surface area contributed by atoms with Gasteiger partial charge in [-0.15, -0.1) is 0 Å². The van der Waals surface area contributed by atoms with Gasteiger partial charge < -0.3 is 5.32 Å². The third-order valence-corrected chi connectivity index (χ3v) is 4.33. The Bertz CT molecular complexity index is 261. The highest BCUT2D eigenvalue weighted by molar-refractivity contribution is 4.96. The van der Waals surface area contributed by atoms with E-state index in [9.17, 15) is 0 Å². The Hall–Kier alpha value is -0.0800. The lowest BCUT2D eigenvalue weighted by Gasteiger charge is -2.49. The van der Waals surface area contributed by atoms with Crippen LogP contribution in [0.2, 0.25) is 0 Å². The second kappa shape index (κ2) is 4.55. The largest absolute Gasteiger partial charge is 0.309 e. The second-order valence-corrected chi connectivity index (χ2v) is 7.85. The molecule has 0 bridgehead atoms. The standard InChI is InChI=1S/C15H30N2/c1-14(2,3)13-10-16-15(4,5)11-17(13)9-8-12-6-7-12/h12-13,16H,6-11H2,1-5H3. The molecule has 1 heterocycles. The summed E-state index contributed by atoms with van der Waals surface area (Å²) in [6.45, 7) is 15.4. The van der Waals surface area contributed by atoms with Crippen LogP contribution >= 0.6 is 0 Å². The number of nitrogens with zero attached hydrogens (tertiary/aromatic N) is 1. The lowest BCUT2D eigenvalue weighted by atomic mass is 9.82. The Morgan fingerprint density at radius 3 is 2.41 bits per heavy atom. The Kier molecular flexibility index (Phi) is 3.57. The molecular weight excluding hydrogens is 208 g/mol. The van der Waals surface area contributed by atoms with E-state index < -0.39 is 0 Å². The number of rotatable bonds is 3. The van der Waals surface area contributed by atoms with E-state index in [1.54, 1.807) is 0 Å². The van der Waals surface area contributed by atoms with Crippen molar-refractivity contribution in [2.75, 3.05) is 19.6 Å². The second-order valence-electron chi connectivity index (χ2n) is 7.85. The van der Waals surface area contributed by atoms with Crippen LogP contribution in [0.25, 0.3) is 0 Å². The molecule has 17 heavy (non-hydrogen) atoms. The van der Waals surface area contributed by atoms with Crippen LogP contribution in [-0.4, -0.2) is 36.1 Å². The van der Waals surface area contributed by atoms with Crippen LogP contribution < -0.4 is 5.32 Å². The summed E-state index contributed by atoms with van der Waals surface area (Å²) in [4.78, 5) is 2.74. The Balaban J connectivity index is 1.97. The van der Waals surface area contributed by atoms with E-state index in [2.05, 4.69) is 44.8 Å². The maximum atomic E-state index is 3.71. The van der Waals surface area contributed by atoms with E-state index in [4.69, 9.17) is 0 Å². The normalized spacial score (nSPS) is 30.5. The maximum absolute atomic E-state index is 3.71. The molecule has 2 nitrogen and oxygen atoms in total. The lowest BCUT2D eigenvalue weighted by Crippen LogP contribution is -2.64. The Morgan fingerprint density at radius 2 is 1.88 bits per heavy atom. The molecule has 1 unspecified atom stereocenters. The first kappa shape index (κ1) is 13.4. The minimum atomic E-state index is 0.283. The van der Waals surface area contributed by atoms with E-state index in [0.717, 1.165) is 12.5 Å². The zero-order valence-corrected chi connectivity index (χ0v) is 12.3. The summed E-state index contributed by atoms with van der Waals surface area (Å²) in [6.07, 6.45) is 4.38. The molecule has 2 heteroatoms. The summed E-state index contributed by atoms with van der Waals surface area (Å²) in [5.41, 5.74) is 0.665. The van der Waals surface area contributed by atoms with Crippen molar-refractivity contribution in [1.82, 2.24) is 10.2 Å². The fourth-order valence-electron chi connectivity index (χ4n) is 3.02. The van der Waals surface area contributed by atoms with Crippen LogP contribution in [0.5, 0.6) is 0 Å². The SMILES string of the molecule is CC1(C)CN(CCC2CC2)C(C(C)(C)C)CN1. The number of hydrogen-bond donors (Lipinski definition) is 1. The van der Waals surface area contributed by atoms with Gasteiger partial charge in [-0.25, -0.2) is 0 Å². The van der Waals surface area contributed by atoms with Crippen molar-refractivity contribution in [2.45, 2.75) is 65.5 Å². The summed E-state index contributed by atoms with van der Waals surface area (Å²) in [5.74, 6) is 1.05. The molecule has 0 radical (unpaired) electrons. The molecule has 0 amide bonds. The van der Waals surface area contributed by atoms with Gasteiger partial charge in [0.15, 0.2) is 0 Å². The van der Waals surface area contributed by atoms with Gasteiger partial charge in [-0.2, -0.15) is 0 Å². The molecule has 2 fully saturated rings. The van der Waals surface area contributed by atoms with Gasteiger partial charge in [0.1, 0.15) is 0 Å². The average molecular weight is 238 g/mol. The highest BCUT2D eigenvalue weighted by Gasteiger charge is 2.38. The van der Waals surface area contributed by atoms with Crippen molar-refractivity contribution in [3.8, 4) is 0 Å². The van der Waals surface area contributed by atoms with E-state index in [0.29, 0.717) is 11.5 Å². The minimum Gasteiger partial charge on any atom is -0.309 e. The predicted octanol–water partition coefficient (Wildman–Crippen LogP) is 2.89. The number of piperazine rings is 1. The smallest absolute Gasteiger partial charge is 0.0270 e. The van der Waals surface area contributed by atoms with Crippen LogP contribution in [0.4, 0.5) is 0 Å². The van der Waals surface area contributed by atoms with Gasteiger partial charge in [0.25, 0.3) is 0 Å². The highest BCUT2D eigenvalue weighted by Crippen LogP contribution is 2.34. The molecule has 1 aliphatic carbocycles. The molecule has 2 aliphatic rings. The van der Waals surface area contributed by atoms with Gasteiger partial charge in [0.2, 0.25) is 0 Å². The van der Waals surface area contributed by atoms with Crippen LogP contribution in [-0.2, 0) is 0 Å². The number of nitrogens with one attached hydrogen (secondary N) is 1. The Morgan fingerprint density at radius 1 is 1.24 bits per heavy atom. The molecule has 100 valence electrons. The van der Waals surface area contributed by atoms with Gasteiger partial charge in [0, 0.05) is 24.7 Å². The molecular formula is C15H30N2. The van der Waals surface area contributed by atoms with Crippen LogP contribution in [0.15, 0.2) is 0 Å². The highest BCUT2D eigenvalue weighted by atomic mass is 15.3. The van der Waals surface area contributed by atoms with Crippen molar-refractivity contribution < 1.29 is 0 Å². The zero-order chi connectivity index (χ0) is 12.7. The summed E-state index contributed by atoms with van der Waals surface area (Å²) >= 11 is 0. The van der Waals surface area contributed by atoms with Gasteiger partial charge in [0.05, 0.1) is 0 Å². The van der Waals surface area contributed by atoms with E-state index in [1.807, 2.05) is 0 Å². The first-order valence-electron chi connectivity index (χ1n) is 7.27. The van der Waals surface area contributed by atoms with Gasteiger partial charge in [-0.1, -0.05) is 33.6 Å². The van der Waals surface area contributed by atoms with Crippen LogP contribution in [0, 0.1) is 11.3 Å². The number of hydrogen-bond acceptors (Lipinski definition) is 2. The van der Waals surface area contributed by atoms with Crippen molar-refractivity contribution >= 4 is 0 Å². The zero-order valence-electron chi connectivity index (χ0n) is 12.3. The fraction of sp³-hybridized carbons (Fsp3) is 1.00. The molecule has 1 aliphatic heterocycles. The lowest BCUT2D eigenvalue weighted by molar-refractivity contribution is 0.0315. The summed E-state index contributed by atoms with van der Waals surface area (Å²) in [6, 6.07) is 0.689. The van der Waals surface area contributed by atoms with E-state index in [-0.39, 0.29) is 5.54 Å². The van der Waals surface area contributed by atoms with E-state index >= 15 is 0 Å². The Labute approximate surface area is 107 Å². The monoisotopic (exact) mass is 238 g/mol. The van der Waals surface area contributed by atoms with Gasteiger partial charge in [-0.05, 0) is 38.1 Å². The topological polar surface area (TPSA) is 15.3 Å². The fourth-order valence-corrected chi connectivity index (χ4v) is 3.02. The van der Waals surface area contributed by atoms with Crippen LogP contribution in [0.3, 0.4) is 0 Å². The van der Waals surface area contributed by atoms with Gasteiger partial charge in [-0.3, -0.25) is 4.90 Å². The average Bonchev–Trinajstić information content (AvgIpc) is 2.94. The molecule has 1 N–H and O–H groups in total. The van der Waals surface area contributed by atoms with Crippen molar-refractivity contribution in [2.24, 2.45) is 11.3 Å². The molecule has 1 atom stereocenters. The van der Waals surface area contributed by atoms with Crippen molar-refractivity contribution in [3.05, 3.63) is 0 Å². The first-order chi connectivity index (χ1) is 7.78. The third kappa shape index (κ3) is 3.69. The molecule has 2 rings (SSSR count). The maximum Gasteiger partial charge on any atom is 0.0270 e. The summed E-state index contributed by atoms with van der Waals surface area (Å²) < 4.78 is 0. The molecule has 0 aromatic heterocycles. The molecule has 0 aromatic rings. The van der Waals surface area contributed by atoms with Crippen molar-refractivity contribution in [3.63, 3.8) is 0 Å². The third-order valence-electron chi connectivity index (χ3n) is 4.33. The van der Waals surface area contributed by atoms with Crippen molar-refractivity contribution in [1.29, 1.82) is 0 Å². The summed E-state index contributed by atoms with van der Waals surface area (Å²) in [5, 5.41) is 3.71. The molecule has 0 aromatic carbocycles. The molecule has 0 spiro atoms. The van der Waals surface area contributed by atoms with E-state index in [1.165, 1.54) is 32.4 Å².